The van der Waals surface area contributed by atoms with Crippen molar-refractivity contribution in [3.63, 3.8) is 0 Å². The van der Waals surface area contributed by atoms with Gasteiger partial charge in [0.25, 0.3) is 5.56 Å². The molecule has 0 spiro atoms. The Bertz CT molecular complexity index is 1180. The molecule has 0 saturated heterocycles. The number of halogens is 2. The minimum atomic E-state index is -0.936. The fraction of sp³-hybridized carbons (Fsp3) is 0.0526. The van der Waals surface area contributed by atoms with Gasteiger partial charge in [0.15, 0.2) is 17.3 Å². The van der Waals surface area contributed by atoms with Crippen molar-refractivity contribution in [2.75, 3.05) is 16.9 Å². The number of anilines is 3. The molecule has 0 aliphatic rings. The maximum atomic E-state index is 14.2. The molecule has 8 N–H and O–H groups in total. The summed E-state index contributed by atoms with van der Waals surface area (Å²) in [4.78, 5) is 12.1. The number of aromatic nitrogens is 1. The van der Waals surface area contributed by atoms with Gasteiger partial charge in [-0.25, -0.2) is 8.78 Å². The van der Waals surface area contributed by atoms with E-state index in [9.17, 15) is 13.6 Å². The number of rotatable bonds is 5. The predicted octanol–water partition coefficient (Wildman–Crippen LogP) is 2.57. The van der Waals surface area contributed by atoms with Gasteiger partial charge in [-0.3, -0.25) is 10.6 Å². The Kier molecular flexibility index (Phi) is 5.20. The number of hydrogen-bond acceptors (Lipinski definition) is 7. The monoisotopic (exact) mass is 400 g/mol. The standard InChI is InChI=1S/C19H18F2N6O2/c1-27-8-12(11(7-22)16(23)19(27)28)10-3-4-14(26-25)17(24)18(10)29-15-5-2-9(20)6-13(15)21/h2-8,22,26H,23-25H2,1H3. The van der Waals surface area contributed by atoms with Crippen LogP contribution in [0.3, 0.4) is 0 Å². The van der Waals surface area contributed by atoms with E-state index in [2.05, 4.69) is 5.43 Å². The summed E-state index contributed by atoms with van der Waals surface area (Å²) in [6.07, 6.45) is 2.39. The molecule has 0 aliphatic carbocycles. The van der Waals surface area contributed by atoms with Gasteiger partial charge in [0.05, 0.1) is 5.69 Å². The Balaban J connectivity index is 2.30. The topological polar surface area (TPSA) is 145 Å². The van der Waals surface area contributed by atoms with Crippen molar-refractivity contribution in [1.82, 2.24) is 4.57 Å². The Hall–Kier alpha value is -3.92. The molecule has 0 atom stereocenters. The lowest BCUT2D eigenvalue weighted by molar-refractivity contribution is 0.441. The van der Waals surface area contributed by atoms with E-state index in [0.29, 0.717) is 22.9 Å². The molecule has 0 unspecified atom stereocenters. The van der Waals surface area contributed by atoms with Crippen LogP contribution in [-0.4, -0.2) is 10.8 Å². The van der Waals surface area contributed by atoms with Gasteiger partial charge in [0, 0.05) is 42.2 Å². The molecule has 150 valence electrons. The molecule has 0 aliphatic heterocycles. The van der Waals surface area contributed by atoms with Crippen LogP contribution in [0.15, 0.2) is 41.3 Å². The van der Waals surface area contributed by atoms with Crippen LogP contribution in [0.5, 0.6) is 11.5 Å². The van der Waals surface area contributed by atoms with E-state index in [4.69, 9.17) is 27.5 Å². The van der Waals surface area contributed by atoms with Crippen LogP contribution in [0.1, 0.15) is 5.56 Å². The molecule has 0 fully saturated rings. The highest BCUT2D eigenvalue weighted by molar-refractivity contribution is 5.97. The van der Waals surface area contributed by atoms with E-state index in [1.165, 1.54) is 17.8 Å². The van der Waals surface area contributed by atoms with E-state index in [0.717, 1.165) is 18.3 Å². The normalized spacial score (nSPS) is 10.6. The molecule has 3 rings (SSSR count). The number of aryl methyl sites for hydroxylation is 1. The smallest absolute Gasteiger partial charge is 0.274 e. The van der Waals surface area contributed by atoms with Crippen LogP contribution < -0.4 is 33.0 Å². The number of benzene rings is 2. The zero-order valence-corrected chi connectivity index (χ0v) is 15.3. The minimum Gasteiger partial charge on any atom is -0.451 e. The largest absolute Gasteiger partial charge is 0.451 e. The molecular weight excluding hydrogens is 382 g/mol. The summed E-state index contributed by atoms with van der Waals surface area (Å²) in [6.45, 7) is 0. The number of ether oxygens (including phenoxy) is 1. The molecule has 2 aromatic carbocycles. The summed E-state index contributed by atoms with van der Waals surface area (Å²) < 4.78 is 34.3. The molecule has 8 nitrogen and oxygen atoms in total. The van der Waals surface area contributed by atoms with Crippen molar-refractivity contribution in [3.8, 4) is 22.6 Å². The average Bonchev–Trinajstić information content (AvgIpc) is 2.69. The molecule has 0 amide bonds. The number of pyridine rings is 1. The first-order chi connectivity index (χ1) is 13.8. The Morgan fingerprint density at radius 1 is 1.14 bits per heavy atom. The fourth-order valence-corrected chi connectivity index (χ4v) is 2.86. The molecule has 0 radical (unpaired) electrons. The maximum Gasteiger partial charge on any atom is 0.274 e. The zero-order valence-electron chi connectivity index (χ0n) is 15.3. The number of nitrogen functional groups attached to an aromatic ring is 3. The summed E-state index contributed by atoms with van der Waals surface area (Å²) in [7, 11) is 1.50. The lowest BCUT2D eigenvalue weighted by Gasteiger charge is -2.19. The first kappa shape index (κ1) is 19.8. The maximum absolute atomic E-state index is 14.2. The predicted molar refractivity (Wildman–Crippen MR) is 108 cm³/mol. The number of nitrogens with two attached hydrogens (primary N) is 3. The molecule has 0 bridgehead atoms. The summed E-state index contributed by atoms with van der Waals surface area (Å²) >= 11 is 0. The van der Waals surface area contributed by atoms with E-state index in [1.807, 2.05) is 0 Å². The molecule has 1 heterocycles. The van der Waals surface area contributed by atoms with Crippen molar-refractivity contribution in [2.45, 2.75) is 0 Å². The lowest BCUT2D eigenvalue weighted by atomic mass is 9.98. The van der Waals surface area contributed by atoms with Gasteiger partial charge in [-0.1, -0.05) is 0 Å². The van der Waals surface area contributed by atoms with Gasteiger partial charge in [-0.05, 0) is 24.3 Å². The second kappa shape index (κ2) is 7.60. The van der Waals surface area contributed by atoms with Crippen LogP contribution in [0.25, 0.3) is 11.1 Å². The third-order valence-electron chi connectivity index (χ3n) is 4.35. The zero-order chi connectivity index (χ0) is 21.3. The fourth-order valence-electron chi connectivity index (χ4n) is 2.86. The minimum absolute atomic E-state index is 0.00731. The van der Waals surface area contributed by atoms with Crippen LogP contribution in [-0.2, 0) is 7.05 Å². The quantitative estimate of drug-likeness (QED) is 0.193. The summed E-state index contributed by atoms with van der Waals surface area (Å²) in [5, 5.41) is 7.66. The van der Waals surface area contributed by atoms with E-state index < -0.39 is 17.2 Å². The average molecular weight is 400 g/mol. The van der Waals surface area contributed by atoms with Crippen LogP contribution in [0.2, 0.25) is 0 Å². The van der Waals surface area contributed by atoms with E-state index in [1.54, 1.807) is 12.1 Å². The highest BCUT2D eigenvalue weighted by Gasteiger charge is 2.21. The third-order valence-corrected chi connectivity index (χ3v) is 4.35. The molecule has 10 heteroatoms. The number of nitrogens with zero attached hydrogens (tertiary/aromatic N) is 1. The van der Waals surface area contributed by atoms with Crippen molar-refractivity contribution < 1.29 is 13.5 Å². The highest BCUT2D eigenvalue weighted by Crippen LogP contribution is 2.43. The molecule has 29 heavy (non-hydrogen) atoms. The van der Waals surface area contributed by atoms with E-state index >= 15 is 0 Å². The third kappa shape index (κ3) is 3.48. The number of hydrazine groups is 1. The molecule has 3 aromatic rings. The number of nitrogens with one attached hydrogen (secondary N) is 2. The first-order valence-electron chi connectivity index (χ1n) is 8.30. The number of hydrogen-bond donors (Lipinski definition) is 5. The van der Waals surface area contributed by atoms with Crippen molar-refractivity contribution in [2.24, 2.45) is 12.9 Å². The summed E-state index contributed by atoms with van der Waals surface area (Å²) in [5.41, 5.74) is 15.0. The van der Waals surface area contributed by atoms with E-state index in [-0.39, 0.29) is 28.4 Å². The van der Waals surface area contributed by atoms with Gasteiger partial charge < -0.3 is 31.6 Å². The SMILES string of the molecule is Cn1cc(-c2ccc(NN)c(N)c2Oc2ccc(F)cc2F)c(C=N)c(N)c1=O. The van der Waals surface area contributed by atoms with Crippen molar-refractivity contribution >= 4 is 23.3 Å². The van der Waals surface area contributed by atoms with Gasteiger partial charge in [0.1, 0.15) is 17.2 Å². The second-order valence-electron chi connectivity index (χ2n) is 6.16. The highest BCUT2D eigenvalue weighted by atomic mass is 19.1. The first-order valence-corrected chi connectivity index (χ1v) is 8.30. The van der Waals surface area contributed by atoms with Gasteiger partial charge in [0.2, 0.25) is 0 Å². The Morgan fingerprint density at radius 3 is 2.48 bits per heavy atom. The summed E-state index contributed by atoms with van der Waals surface area (Å²) in [6, 6.07) is 5.93. The van der Waals surface area contributed by atoms with Gasteiger partial charge >= 0.3 is 0 Å². The molecule has 0 saturated carbocycles. The van der Waals surface area contributed by atoms with Crippen LogP contribution >= 0.6 is 0 Å². The second-order valence-corrected chi connectivity index (χ2v) is 6.16. The van der Waals surface area contributed by atoms with Crippen molar-refractivity contribution in [1.29, 1.82) is 5.41 Å². The van der Waals surface area contributed by atoms with Gasteiger partial charge in [-0.2, -0.15) is 0 Å². The van der Waals surface area contributed by atoms with Crippen LogP contribution in [0, 0.1) is 17.0 Å². The summed E-state index contributed by atoms with van der Waals surface area (Å²) in [5.74, 6) is 3.48. The van der Waals surface area contributed by atoms with Gasteiger partial charge in [-0.15, -0.1) is 0 Å². The molecule has 1 aromatic heterocycles. The lowest BCUT2D eigenvalue weighted by Crippen LogP contribution is -2.22. The Labute approximate surface area is 164 Å². The van der Waals surface area contributed by atoms with Crippen molar-refractivity contribution in [3.05, 3.63) is 64.1 Å². The van der Waals surface area contributed by atoms with Crippen LogP contribution in [0.4, 0.5) is 25.8 Å². The molecular formula is C19H18F2N6O2. The Morgan fingerprint density at radius 2 is 1.86 bits per heavy atom.